The van der Waals surface area contributed by atoms with Gasteiger partial charge in [0, 0.05) is 11.0 Å². The molecule has 3 aromatic carbocycles. The third kappa shape index (κ3) is 3.13. The van der Waals surface area contributed by atoms with Crippen molar-refractivity contribution in [2.24, 2.45) is 4.99 Å². The van der Waals surface area contributed by atoms with Gasteiger partial charge >= 0.3 is 0 Å². The molecule has 0 radical (unpaired) electrons. The van der Waals surface area contributed by atoms with Gasteiger partial charge in [0.2, 0.25) is 0 Å². The highest BCUT2D eigenvalue weighted by Crippen LogP contribution is 2.34. The van der Waals surface area contributed by atoms with Crippen LogP contribution in [0.5, 0.6) is 0 Å². The summed E-state index contributed by atoms with van der Waals surface area (Å²) in [5, 5.41) is 0. The number of para-hydroxylation sites is 2. The van der Waals surface area contributed by atoms with Gasteiger partial charge in [0.15, 0.2) is 0 Å². The molecule has 1 aliphatic rings. The minimum atomic E-state index is 0.808. The van der Waals surface area contributed by atoms with E-state index in [1.807, 2.05) is 12.1 Å². The molecular formula is C21H17BrN2. The van der Waals surface area contributed by atoms with Crippen molar-refractivity contribution in [3.63, 3.8) is 0 Å². The van der Waals surface area contributed by atoms with E-state index in [-0.39, 0.29) is 0 Å². The molecule has 0 saturated carbocycles. The Morgan fingerprint density at radius 2 is 1.67 bits per heavy atom. The monoisotopic (exact) mass is 376 g/mol. The maximum atomic E-state index is 4.90. The van der Waals surface area contributed by atoms with Crippen LogP contribution in [-0.2, 0) is 6.54 Å². The number of nitrogens with zero attached hydrogens (tertiary/aromatic N) is 2. The molecule has 0 N–H and O–H groups in total. The SMILES string of the molecule is Brc1cccc(C2=Nc3ccccc3N(Cc3ccccc3)C2)c1. The summed E-state index contributed by atoms with van der Waals surface area (Å²) in [4.78, 5) is 7.30. The number of benzene rings is 3. The molecule has 0 saturated heterocycles. The highest BCUT2D eigenvalue weighted by molar-refractivity contribution is 9.10. The number of halogens is 1. The average Bonchev–Trinajstić information content (AvgIpc) is 2.62. The van der Waals surface area contributed by atoms with Crippen molar-refractivity contribution in [2.75, 3.05) is 11.4 Å². The van der Waals surface area contributed by atoms with Gasteiger partial charge in [0.05, 0.1) is 23.6 Å². The van der Waals surface area contributed by atoms with Crippen molar-refractivity contribution in [2.45, 2.75) is 6.54 Å². The molecule has 1 heterocycles. The zero-order chi connectivity index (χ0) is 16.4. The van der Waals surface area contributed by atoms with E-state index in [2.05, 4.69) is 87.6 Å². The van der Waals surface area contributed by atoms with Crippen molar-refractivity contribution in [1.29, 1.82) is 0 Å². The summed E-state index contributed by atoms with van der Waals surface area (Å²) < 4.78 is 1.08. The third-order valence-corrected chi connectivity index (χ3v) is 4.69. The zero-order valence-electron chi connectivity index (χ0n) is 13.2. The molecule has 0 atom stereocenters. The van der Waals surface area contributed by atoms with Gasteiger partial charge in [0.1, 0.15) is 0 Å². The summed E-state index contributed by atoms with van der Waals surface area (Å²) in [7, 11) is 0. The van der Waals surface area contributed by atoms with Gasteiger partial charge < -0.3 is 4.90 Å². The number of fused-ring (bicyclic) bond motifs is 1. The molecule has 1 aliphatic heterocycles. The second-order valence-corrected chi connectivity index (χ2v) is 6.81. The number of anilines is 1. The number of hydrogen-bond donors (Lipinski definition) is 0. The smallest absolute Gasteiger partial charge is 0.0867 e. The van der Waals surface area contributed by atoms with Crippen molar-refractivity contribution in [3.8, 4) is 0 Å². The molecule has 3 aromatic rings. The first-order valence-electron chi connectivity index (χ1n) is 8.01. The molecule has 24 heavy (non-hydrogen) atoms. The van der Waals surface area contributed by atoms with Crippen molar-refractivity contribution in [1.82, 2.24) is 0 Å². The first-order chi connectivity index (χ1) is 11.8. The average molecular weight is 377 g/mol. The molecule has 0 unspecified atom stereocenters. The van der Waals surface area contributed by atoms with Crippen LogP contribution in [0.1, 0.15) is 11.1 Å². The number of aliphatic imine (C=N–C) groups is 1. The molecule has 4 rings (SSSR count). The van der Waals surface area contributed by atoms with Gasteiger partial charge in [-0.15, -0.1) is 0 Å². The maximum absolute atomic E-state index is 4.90. The molecule has 0 amide bonds. The minimum absolute atomic E-state index is 0.808. The van der Waals surface area contributed by atoms with Gasteiger partial charge in [0.25, 0.3) is 0 Å². The predicted octanol–water partition coefficient (Wildman–Crippen LogP) is 5.59. The Morgan fingerprint density at radius 3 is 2.50 bits per heavy atom. The van der Waals surface area contributed by atoms with E-state index in [4.69, 9.17) is 4.99 Å². The van der Waals surface area contributed by atoms with Crippen LogP contribution < -0.4 is 4.90 Å². The minimum Gasteiger partial charge on any atom is -0.360 e. The van der Waals surface area contributed by atoms with Crippen molar-refractivity contribution in [3.05, 3.63) is 94.5 Å². The molecule has 2 nitrogen and oxygen atoms in total. The van der Waals surface area contributed by atoms with Gasteiger partial charge in [-0.25, -0.2) is 4.99 Å². The van der Waals surface area contributed by atoms with E-state index in [0.717, 1.165) is 34.5 Å². The first-order valence-corrected chi connectivity index (χ1v) is 8.80. The van der Waals surface area contributed by atoms with E-state index >= 15 is 0 Å². The van der Waals surface area contributed by atoms with Crippen LogP contribution in [-0.4, -0.2) is 12.3 Å². The third-order valence-electron chi connectivity index (χ3n) is 4.19. The zero-order valence-corrected chi connectivity index (χ0v) is 14.8. The molecule has 118 valence electrons. The lowest BCUT2D eigenvalue weighted by Crippen LogP contribution is -2.32. The molecule has 0 spiro atoms. The van der Waals surface area contributed by atoms with Crippen LogP contribution in [0.15, 0.2) is 88.3 Å². The second-order valence-electron chi connectivity index (χ2n) is 5.90. The van der Waals surface area contributed by atoms with E-state index in [0.29, 0.717) is 0 Å². The summed E-state index contributed by atoms with van der Waals surface area (Å²) >= 11 is 3.56. The van der Waals surface area contributed by atoms with Gasteiger partial charge in [-0.05, 0) is 35.4 Å². The fraction of sp³-hybridized carbons (Fsp3) is 0.0952. The quantitative estimate of drug-likeness (QED) is 0.581. The van der Waals surface area contributed by atoms with Crippen molar-refractivity contribution < 1.29 is 0 Å². The van der Waals surface area contributed by atoms with Crippen LogP contribution in [0.25, 0.3) is 0 Å². The van der Waals surface area contributed by atoms with E-state index in [1.165, 1.54) is 11.3 Å². The molecule has 0 bridgehead atoms. The van der Waals surface area contributed by atoms with Crippen LogP contribution in [0.3, 0.4) is 0 Å². The Morgan fingerprint density at radius 1 is 0.875 bits per heavy atom. The lowest BCUT2D eigenvalue weighted by atomic mass is 10.1. The fourth-order valence-corrected chi connectivity index (χ4v) is 3.44. The van der Waals surface area contributed by atoms with Gasteiger partial charge in [-0.2, -0.15) is 0 Å². The number of rotatable bonds is 3. The van der Waals surface area contributed by atoms with E-state index in [9.17, 15) is 0 Å². The Kier molecular flexibility index (Phi) is 4.18. The highest BCUT2D eigenvalue weighted by atomic mass is 79.9. The molecule has 0 aromatic heterocycles. The highest BCUT2D eigenvalue weighted by Gasteiger charge is 2.20. The van der Waals surface area contributed by atoms with Gasteiger partial charge in [-0.3, -0.25) is 0 Å². The van der Waals surface area contributed by atoms with Crippen LogP contribution in [0.2, 0.25) is 0 Å². The normalized spacial score (nSPS) is 13.4. The fourth-order valence-electron chi connectivity index (χ4n) is 3.04. The molecular weight excluding hydrogens is 360 g/mol. The molecule has 3 heteroatoms. The van der Waals surface area contributed by atoms with Crippen molar-refractivity contribution >= 4 is 33.0 Å². The maximum Gasteiger partial charge on any atom is 0.0867 e. The van der Waals surface area contributed by atoms with Crippen LogP contribution in [0, 0.1) is 0 Å². The van der Waals surface area contributed by atoms with Gasteiger partial charge in [-0.1, -0.05) is 70.5 Å². The first kappa shape index (κ1) is 15.2. The number of hydrogen-bond acceptors (Lipinski definition) is 2. The lowest BCUT2D eigenvalue weighted by Gasteiger charge is -2.30. The Balaban J connectivity index is 1.73. The second kappa shape index (κ2) is 6.62. The Hall–Kier alpha value is -2.39. The molecule has 0 aliphatic carbocycles. The van der Waals surface area contributed by atoms with E-state index in [1.54, 1.807) is 0 Å². The van der Waals surface area contributed by atoms with Crippen LogP contribution in [0.4, 0.5) is 11.4 Å². The summed E-state index contributed by atoms with van der Waals surface area (Å²) in [5.74, 6) is 0. The predicted molar refractivity (Wildman–Crippen MR) is 104 cm³/mol. The standard InChI is InChI=1S/C21H17BrN2/c22-18-10-6-9-17(13-18)20-15-24(14-16-7-2-1-3-8-16)21-12-5-4-11-19(21)23-20/h1-13H,14-15H2. The van der Waals surface area contributed by atoms with Crippen LogP contribution >= 0.6 is 15.9 Å². The summed E-state index contributed by atoms with van der Waals surface area (Å²) in [5.41, 5.74) is 5.81. The topological polar surface area (TPSA) is 15.6 Å². The molecule has 0 fully saturated rings. The van der Waals surface area contributed by atoms with E-state index < -0.39 is 0 Å². The summed E-state index contributed by atoms with van der Waals surface area (Å²) in [6.45, 7) is 1.69. The largest absolute Gasteiger partial charge is 0.360 e. The summed E-state index contributed by atoms with van der Waals surface area (Å²) in [6, 6.07) is 27.3. The Bertz CT molecular complexity index is 887. The summed E-state index contributed by atoms with van der Waals surface area (Å²) in [6.07, 6.45) is 0. The Labute approximate surface area is 150 Å². The lowest BCUT2D eigenvalue weighted by molar-refractivity contribution is 0.874.